The first-order valence-corrected chi connectivity index (χ1v) is 8.82. The smallest absolute Gasteiger partial charge is 0.406 e. The molecule has 0 N–H and O–H groups in total. The summed E-state index contributed by atoms with van der Waals surface area (Å²) in [5, 5.41) is 0. The highest BCUT2D eigenvalue weighted by atomic mass is 19.4. The number of halogens is 3. The Morgan fingerprint density at radius 1 is 1.00 bits per heavy atom. The highest BCUT2D eigenvalue weighted by molar-refractivity contribution is 6.02. The van der Waals surface area contributed by atoms with Crippen LogP contribution in [0.25, 0.3) is 0 Å². The van der Waals surface area contributed by atoms with E-state index in [2.05, 4.69) is 4.74 Å². The third-order valence-corrected chi connectivity index (χ3v) is 4.02. The van der Waals surface area contributed by atoms with E-state index in [0.717, 1.165) is 12.0 Å². The summed E-state index contributed by atoms with van der Waals surface area (Å²) in [6, 6.07) is 5.79. The van der Waals surface area contributed by atoms with Crippen LogP contribution in [-0.2, 0) is 16.0 Å². The lowest BCUT2D eigenvalue weighted by Crippen LogP contribution is -2.22. The number of rotatable bonds is 11. The second-order valence-corrected chi connectivity index (χ2v) is 5.97. The van der Waals surface area contributed by atoms with Crippen molar-refractivity contribution < 1.29 is 27.5 Å². The molecule has 0 saturated heterocycles. The maximum Gasteiger partial charge on any atom is 0.573 e. The van der Waals surface area contributed by atoms with Crippen LogP contribution in [0.4, 0.5) is 13.2 Å². The zero-order valence-corrected chi connectivity index (χ0v) is 15.1. The quantitative estimate of drug-likeness (QED) is 0.385. The number of aryl methyl sites for hydroxylation is 1. The fraction of sp³-hybridized carbons (Fsp3) is 0.500. The van der Waals surface area contributed by atoms with Gasteiger partial charge in [0.2, 0.25) is 0 Å². The molecule has 0 aromatic heterocycles. The predicted molar refractivity (Wildman–Crippen MR) is 93.9 cm³/mol. The number of Topliss-reactive ketones (excluding diaryl/α,β-unsaturated/α-hetero) is 2. The fourth-order valence-electron chi connectivity index (χ4n) is 2.60. The van der Waals surface area contributed by atoms with Crippen molar-refractivity contribution in [2.45, 2.75) is 58.7 Å². The van der Waals surface area contributed by atoms with Gasteiger partial charge in [-0.05, 0) is 43.4 Å². The molecule has 144 valence electrons. The molecule has 3 nitrogen and oxygen atoms in total. The highest BCUT2D eigenvalue weighted by Gasteiger charge is 2.30. The van der Waals surface area contributed by atoms with E-state index in [9.17, 15) is 22.8 Å². The van der Waals surface area contributed by atoms with Gasteiger partial charge in [-0.3, -0.25) is 9.59 Å². The SMILES string of the molecule is CCC(=O)C(CCC=CCCc1ccc(OC(F)(F)F)cc1)C(=O)CC. The Bertz CT molecular complexity index is 588. The van der Waals surface area contributed by atoms with E-state index in [1.807, 2.05) is 12.2 Å². The Balaban J connectivity index is 2.38. The second-order valence-electron chi connectivity index (χ2n) is 5.97. The molecule has 0 atom stereocenters. The van der Waals surface area contributed by atoms with Crippen molar-refractivity contribution in [1.82, 2.24) is 0 Å². The first-order valence-electron chi connectivity index (χ1n) is 8.82. The molecule has 1 rings (SSSR count). The fourth-order valence-corrected chi connectivity index (χ4v) is 2.60. The topological polar surface area (TPSA) is 43.4 Å². The lowest BCUT2D eigenvalue weighted by molar-refractivity contribution is -0.274. The largest absolute Gasteiger partial charge is 0.573 e. The van der Waals surface area contributed by atoms with E-state index in [4.69, 9.17) is 0 Å². The van der Waals surface area contributed by atoms with Gasteiger partial charge in [0.1, 0.15) is 17.3 Å². The summed E-state index contributed by atoms with van der Waals surface area (Å²) < 4.78 is 40.1. The number of hydrogen-bond donors (Lipinski definition) is 0. The molecule has 0 heterocycles. The van der Waals surface area contributed by atoms with Gasteiger partial charge < -0.3 is 4.74 Å². The Labute approximate surface area is 152 Å². The number of carbonyl (C=O) groups excluding carboxylic acids is 2. The zero-order chi connectivity index (χ0) is 19.6. The number of carbonyl (C=O) groups is 2. The number of ether oxygens (including phenoxy) is 1. The van der Waals surface area contributed by atoms with Gasteiger partial charge in [0.05, 0.1) is 5.92 Å². The molecule has 0 aliphatic rings. The molecule has 26 heavy (non-hydrogen) atoms. The maximum atomic E-state index is 12.1. The third kappa shape index (κ3) is 8.32. The van der Waals surface area contributed by atoms with Gasteiger partial charge in [-0.15, -0.1) is 13.2 Å². The average molecular weight is 370 g/mol. The summed E-state index contributed by atoms with van der Waals surface area (Å²) in [4.78, 5) is 23.6. The van der Waals surface area contributed by atoms with E-state index in [0.29, 0.717) is 32.1 Å². The average Bonchev–Trinajstić information content (AvgIpc) is 2.60. The highest BCUT2D eigenvalue weighted by Crippen LogP contribution is 2.23. The number of ketones is 2. The molecular formula is C20H25F3O3. The summed E-state index contributed by atoms with van der Waals surface area (Å²) in [5.41, 5.74) is 0.907. The summed E-state index contributed by atoms with van der Waals surface area (Å²) in [6.07, 6.45) is 2.56. The van der Waals surface area contributed by atoms with Crippen molar-refractivity contribution in [1.29, 1.82) is 0 Å². The Kier molecular flexibility index (Phi) is 9.10. The Morgan fingerprint density at radius 2 is 1.54 bits per heavy atom. The molecular weight excluding hydrogens is 345 g/mol. The van der Waals surface area contributed by atoms with Crippen LogP contribution in [-0.4, -0.2) is 17.9 Å². The molecule has 0 saturated carbocycles. The third-order valence-electron chi connectivity index (χ3n) is 4.02. The molecule has 0 amide bonds. The van der Waals surface area contributed by atoms with Crippen LogP contribution in [0.1, 0.15) is 51.5 Å². The van der Waals surface area contributed by atoms with Crippen molar-refractivity contribution >= 4 is 11.6 Å². The minimum Gasteiger partial charge on any atom is -0.406 e. The number of alkyl halides is 3. The summed E-state index contributed by atoms with van der Waals surface area (Å²) in [5.74, 6) is -0.752. The van der Waals surface area contributed by atoms with Crippen LogP contribution in [0, 0.1) is 5.92 Å². The van der Waals surface area contributed by atoms with Gasteiger partial charge in [0.15, 0.2) is 0 Å². The van der Waals surface area contributed by atoms with E-state index in [1.54, 1.807) is 26.0 Å². The first-order chi connectivity index (χ1) is 12.3. The van der Waals surface area contributed by atoms with E-state index < -0.39 is 12.3 Å². The Morgan fingerprint density at radius 3 is 2.04 bits per heavy atom. The summed E-state index contributed by atoms with van der Waals surface area (Å²) >= 11 is 0. The standard InChI is InChI=1S/C20H25F3O3/c1-3-18(24)17(19(25)4-2)10-8-6-5-7-9-15-11-13-16(14-12-15)26-20(21,22)23/h5-6,11-14,17H,3-4,7-10H2,1-2H3. The summed E-state index contributed by atoms with van der Waals surface area (Å²) in [6.45, 7) is 3.53. The second kappa shape index (κ2) is 10.8. The van der Waals surface area contributed by atoms with Crippen LogP contribution < -0.4 is 4.74 Å². The molecule has 1 aromatic carbocycles. The van der Waals surface area contributed by atoms with Crippen LogP contribution in [0.3, 0.4) is 0 Å². The van der Waals surface area contributed by atoms with Crippen molar-refractivity contribution in [3.8, 4) is 5.75 Å². The van der Waals surface area contributed by atoms with Crippen LogP contribution in [0.2, 0.25) is 0 Å². The predicted octanol–water partition coefficient (Wildman–Crippen LogP) is 5.43. The zero-order valence-electron chi connectivity index (χ0n) is 15.1. The molecule has 0 fully saturated rings. The molecule has 0 spiro atoms. The molecule has 0 aliphatic carbocycles. The molecule has 0 radical (unpaired) electrons. The number of allylic oxidation sites excluding steroid dienone is 2. The Hall–Kier alpha value is -2.11. The molecule has 0 aliphatic heterocycles. The monoisotopic (exact) mass is 370 g/mol. The molecule has 0 bridgehead atoms. The van der Waals surface area contributed by atoms with Crippen LogP contribution in [0.15, 0.2) is 36.4 Å². The molecule has 1 aromatic rings. The van der Waals surface area contributed by atoms with Gasteiger partial charge in [0, 0.05) is 12.8 Å². The van der Waals surface area contributed by atoms with Gasteiger partial charge in [-0.2, -0.15) is 0 Å². The van der Waals surface area contributed by atoms with Crippen LogP contribution in [0.5, 0.6) is 5.75 Å². The first kappa shape index (κ1) is 21.9. The van der Waals surface area contributed by atoms with E-state index in [-0.39, 0.29) is 17.3 Å². The molecule has 6 heteroatoms. The van der Waals surface area contributed by atoms with Crippen molar-refractivity contribution in [2.24, 2.45) is 5.92 Å². The van der Waals surface area contributed by atoms with E-state index >= 15 is 0 Å². The van der Waals surface area contributed by atoms with Gasteiger partial charge in [-0.25, -0.2) is 0 Å². The van der Waals surface area contributed by atoms with Gasteiger partial charge in [0.25, 0.3) is 0 Å². The van der Waals surface area contributed by atoms with Gasteiger partial charge >= 0.3 is 6.36 Å². The van der Waals surface area contributed by atoms with E-state index in [1.165, 1.54) is 12.1 Å². The lowest BCUT2D eigenvalue weighted by Gasteiger charge is -2.11. The van der Waals surface area contributed by atoms with Crippen molar-refractivity contribution in [2.75, 3.05) is 0 Å². The normalized spacial score (nSPS) is 11.9. The molecule has 0 unspecified atom stereocenters. The van der Waals surface area contributed by atoms with Gasteiger partial charge in [-0.1, -0.05) is 38.1 Å². The summed E-state index contributed by atoms with van der Waals surface area (Å²) in [7, 11) is 0. The number of hydrogen-bond acceptors (Lipinski definition) is 3. The minimum atomic E-state index is -4.68. The lowest BCUT2D eigenvalue weighted by atomic mass is 9.91. The minimum absolute atomic E-state index is 0.00795. The van der Waals surface area contributed by atoms with Crippen LogP contribution >= 0.6 is 0 Å². The maximum absolute atomic E-state index is 12.1. The number of benzene rings is 1. The van der Waals surface area contributed by atoms with Crippen molar-refractivity contribution in [3.05, 3.63) is 42.0 Å². The van der Waals surface area contributed by atoms with Crippen molar-refractivity contribution in [3.63, 3.8) is 0 Å².